The van der Waals surface area contributed by atoms with Crippen molar-refractivity contribution in [1.82, 2.24) is 5.32 Å². The lowest BCUT2D eigenvalue weighted by Crippen LogP contribution is -2.34. The molecule has 0 bridgehead atoms. The molecule has 0 atom stereocenters. The van der Waals surface area contributed by atoms with E-state index in [0.717, 1.165) is 29.7 Å². The third-order valence-electron chi connectivity index (χ3n) is 3.15. The quantitative estimate of drug-likeness (QED) is 0.613. The molecule has 0 radical (unpaired) electrons. The molecule has 0 saturated heterocycles. The highest BCUT2D eigenvalue weighted by Gasteiger charge is 2.06. The zero-order chi connectivity index (χ0) is 15.0. The molecule has 0 fully saturated rings. The van der Waals surface area contributed by atoms with Crippen LogP contribution >= 0.6 is 12.2 Å². The predicted octanol–water partition coefficient (Wildman–Crippen LogP) is 4.09. The standard InChI is InChI=1S/C16H24N2OS/c1-4-5-6-7-8-15(19)18-16(20)17-14-11-12(2)9-10-13(14)3/h9-11H,4-8H2,1-3H3,(H2,17,18,19,20). The lowest BCUT2D eigenvalue weighted by molar-refractivity contribution is -0.119. The van der Waals surface area contributed by atoms with Crippen LogP contribution in [0.25, 0.3) is 0 Å². The van der Waals surface area contributed by atoms with E-state index in [0.29, 0.717) is 11.5 Å². The van der Waals surface area contributed by atoms with Crippen LogP contribution in [0.15, 0.2) is 18.2 Å². The number of rotatable bonds is 6. The van der Waals surface area contributed by atoms with Crippen LogP contribution < -0.4 is 10.6 Å². The zero-order valence-electron chi connectivity index (χ0n) is 12.6. The van der Waals surface area contributed by atoms with Crippen molar-refractivity contribution in [3.63, 3.8) is 0 Å². The third kappa shape index (κ3) is 6.15. The molecular weight excluding hydrogens is 268 g/mol. The molecule has 4 heteroatoms. The van der Waals surface area contributed by atoms with Crippen LogP contribution in [0.2, 0.25) is 0 Å². The van der Waals surface area contributed by atoms with Crippen molar-refractivity contribution < 1.29 is 4.79 Å². The van der Waals surface area contributed by atoms with Gasteiger partial charge in [0.05, 0.1) is 0 Å². The van der Waals surface area contributed by atoms with E-state index < -0.39 is 0 Å². The van der Waals surface area contributed by atoms with E-state index in [-0.39, 0.29) is 5.91 Å². The van der Waals surface area contributed by atoms with Gasteiger partial charge in [-0.3, -0.25) is 4.79 Å². The van der Waals surface area contributed by atoms with Crippen LogP contribution in [0.4, 0.5) is 5.69 Å². The Kier molecular flexibility index (Phi) is 7.23. The minimum atomic E-state index is -0.0103. The van der Waals surface area contributed by atoms with Crippen LogP contribution in [-0.2, 0) is 4.79 Å². The summed E-state index contributed by atoms with van der Waals surface area (Å²) in [6.07, 6.45) is 4.91. The first-order chi connectivity index (χ1) is 9.52. The molecule has 1 aromatic rings. The maximum atomic E-state index is 11.7. The molecule has 1 rings (SSSR count). The second-order valence-electron chi connectivity index (χ2n) is 5.13. The molecule has 20 heavy (non-hydrogen) atoms. The summed E-state index contributed by atoms with van der Waals surface area (Å²) in [5.41, 5.74) is 3.21. The van der Waals surface area contributed by atoms with E-state index in [1.807, 2.05) is 26.0 Å². The summed E-state index contributed by atoms with van der Waals surface area (Å²) in [5, 5.41) is 6.19. The number of carbonyl (C=O) groups is 1. The fraction of sp³-hybridized carbons (Fsp3) is 0.500. The Morgan fingerprint density at radius 2 is 1.95 bits per heavy atom. The van der Waals surface area contributed by atoms with Crippen molar-refractivity contribution in [3.05, 3.63) is 29.3 Å². The van der Waals surface area contributed by atoms with Gasteiger partial charge in [-0.25, -0.2) is 0 Å². The minimum absolute atomic E-state index is 0.0103. The molecule has 0 aliphatic rings. The number of nitrogens with one attached hydrogen (secondary N) is 2. The number of anilines is 1. The van der Waals surface area contributed by atoms with Crippen LogP contribution in [0, 0.1) is 13.8 Å². The Labute approximate surface area is 127 Å². The van der Waals surface area contributed by atoms with Gasteiger partial charge in [0.25, 0.3) is 0 Å². The first-order valence-corrected chi connectivity index (χ1v) is 7.62. The van der Waals surface area contributed by atoms with E-state index in [4.69, 9.17) is 12.2 Å². The summed E-state index contributed by atoms with van der Waals surface area (Å²) in [6.45, 7) is 6.19. The fourth-order valence-corrected chi connectivity index (χ4v) is 2.15. The van der Waals surface area contributed by atoms with Crippen molar-refractivity contribution in [2.75, 3.05) is 5.32 Å². The lowest BCUT2D eigenvalue weighted by atomic mass is 10.1. The molecular formula is C16H24N2OS. The molecule has 3 nitrogen and oxygen atoms in total. The van der Waals surface area contributed by atoms with Gasteiger partial charge in [-0.1, -0.05) is 38.3 Å². The number of carbonyl (C=O) groups excluding carboxylic acids is 1. The van der Waals surface area contributed by atoms with E-state index in [1.165, 1.54) is 12.8 Å². The Balaban J connectivity index is 2.39. The summed E-state index contributed by atoms with van der Waals surface area (Å²) in [4.78, 5) is 11.7. The Hall–Kier alpha value is -1.42. The van der Waals surface area contributed by atoms with Crippen LogP contribution in [-0.4, -0.2) is 11.0 Å². The van der Waals surface area contributed by atoms with Gasteiger partial charge in [0.15, 0.2) is 5.11 Å². The van der Waals surface area contributed by atoms with Gasteiger partial charge >= 0.3 is 0 Å². The van der Waals surface area contributed by atoms with Gasteiger partial charge in [-0.05, 0) is 49.7 Å². The van der Waals surface area contributed by atoms with E-state index in [1.54, 1.807) is 0 Å². The van der Waals surface area contributed by atoms with Crippen LogP contribution in [0.3, 0.4) is 0 Å². The number of amides is 1. The summed E-state index contributed by atoms with van der Waals surface area (Å²) >= 11 is 5.17. The number of benzene rings is 1. The monoisotopic (exact) mass is 292 g/mol. The van der Waals surface area contributed by atoms with Crippen molar-refractivity contribution in [2.24, 2.45) is 0 Å². The topological polar surface area (TPSA) is 41.1 Å². The van der Waals surface area contributed by atoms with Gasteiger partial charge in [0, 0.05) is 12.1 Å². The molecule has 2 N–H and O–H groups in total. The third-order valence-corrected chi connectivity index (χ3v) is 3.36. The second-order valence-corrected chi connectivity index (χ2v) is 5.54. The van der Waals surface area contributed by atoms with Gasteiger partial charge in [-0.15, -0.1) is 0 Å². The normalized spacial score (nSPS) is 10.2. The molecule has 0 aromatic heterocycles. The molecule has 0 heterocycles. The molecule has 0 aliphatic carbocycles. The smallest absolute Gasteiger partial charge is 0.226 e. The second kappa shape index (κ2) is 8.69. The minimum Gasteiger partial charge on any atom is -0.332 e. The number of hydrogen-bond acceptors (Lipinski definition) is 2. The first kappa shape index (κ1) is 16.6. The van der Waals surface area contributed by atoms with Crippen molar-refractivity contribution >= 4 is 28.9 Å². The molecule has 1 aromatic carbocycles. The van der Waals surface area contributed by atoms with Crippen molar-refractivity contribution in [2.45, 2.75) is 52.9 Å². The lowest BCUT2D eigenvalue weighted by Gasteiger charge is -2.12. The highest BCUT2D eigenvalue weighted by Crippen LogP contribution is 2.16. The van der Waals surface area contributed by atoms with Crippen molar-refractivity contribution in [3.8, 4) is 0 Å². The Bertz CT molecular complexity index is 472. The summed E-state index contributed by atoms with van der Waals surface area (Å²) in [7, 11) is 0. The van der Waals surface area contributed by atoms with Crippen LogP contribution in [0.1, 0.15) is 50.2 Å². The SMILES string of the molecule is CCCCCCC(=O)NC(=S)Nc1cc(C)ccc1C. The Morgan fingerprint density at radius 3 is 2.65 bits per heavy atom. The molecule has 0 saturated carbocycles. The molecule has 0 aliphatic heterocycles. The van der Waals surface area contributed by atoms with E-state index in [2.05, 4.69) is 23.6 Å². The number of aryl methyl sites for hydroxylation is 2. The average molecular weight is 292 g/mol. The van der Waals surface area contributed by atoms with Gasteiger partial charge in [-0.2, -0.15) is 0 Å². The highest BCUT2D eigenvalue weighted by atomic mass is 32.1. The molecule has 1 amide bonds. The summed E-state index contributed by atoms with van der Waals surface area (Å²) < 4.78 is 0. The number of unbranched alkanes of at least 4 members (excludes halogenated alkanes) is 3. The fourth-order valence-electron chi connectivity index (χ4n) is 1.93. The number of thiocarbonyl (C=S) groups is 1. The van der Waals surface area contributed by atoms with Gasteiger partial charge in [0.1, 0.15) is 0 Å². The average Bonchev–Trinajstić information content (AvgIpc) is 2.39. The summed E-state index contributed by atoms with van der Waals surface area (Å²) in [6, 6.07) is 6.11. The predicted molar refractivity (Wildman–Crippen MR) is 89.0 cm³/mol. The zero-order valence-corrected chi connectivity index (χ0v) is 13.4. The van der Waals surface area contributed by atoms with E-state index >= 15 is 0 Å². The molecule has 0 unspecified atom stereocenters. The van der Waals surface area contributed by atoms with Crippen molar-refractivity contribution in [1.29, 1.82) is 0 Å². The Morgan fingerprint density at radius 1 is 1.20 bits per heavy atom. The number of hydrogen-bond donors (Lipinski definition) is 2. The van der Waals surface area contributed by atoms with Gasteiger partial charge in [0.2, 0.25) is 5.91 Å². The largest absolute Gasteiger partial charge is 0.332 e. The summed E-state index contributed by atoms with van der Waals surface area (Å²) in [5.74, 6) is -0.0103. The first-order valence-electron chi connectivity index (χ1n) is 7.21. The maximum Gasteiger partial charge on any atom is 0.226 e. The molecule has 0 spiro atoms. The maximum absolute atomic E-state index is 11.7. The molecule has 110 valence electrons. The highest BCUT2D eigenvalue weighted by molar-refractivity contribution is 7.80. The van der Waals surface area contributed by atoms with Crippen LogP contribution in [0.5, 0.6) is 0 Å². The van der Waals surface area contributed by atoms with Gasteiger partial charge < -0.3 is 10.6 Å². The van der Waals surface area contributed by atoms with E-state index in [9.17, 15) is 4.79 Å².